The van der Waals surface area contributed by atoms with Gasteiger partial charge in [0, 0.05) is 10.6 Å². The van der Waals surface area contributed by atoms with Gasteiger partial charge in [-0.25, -0.2) is 9.79 Å². The van der Waals surface area contributed by atoms with Crippen molar-refractivity contribution in [2.45, 2.75) is 26.4 Å². The van der Waals surface area contributed by atoms with Gasteiger partial charge in [-0.05, 0) is 49.2 Å². The zero-order chi connectivity index (χ0) is 29.8. The number of thiazole rings is 1. The molecule has 3 aliphatic rings. The molecule has 1 amide bonds. The third kappa shape index (κ3) is 4.36. The second-order valence-electron chi connectivity index (χ2n) is 10.1. The molecule has 1 atom stereocenters. The fraction of sp³-hybridized carbons (Fsp3) is 0.188. The molecule has 11 heteroatoms. The quantitative estimate of drug-likeness (QED) is 0.314. The number of hydrogen-bond donors (Lipinski definition) is 0. The monoisotopic (exact) mass is 613 g/mol. The minimum absolute atomic E-state index is 0.0801. The van der Waals surface area contributed by atoms with E-state index >= 15 is 0 Å². The molecule has 0 N–H and O–H groups in total. The molecule has 9 nitrogen and oxygen atoms in total. The molecule has 4 aromatic rings. The fourth-order valence-electron chi connectivity index (χ4n) is 5.69. The molecular formula is C32H24ClN3O6S. The number of nitrogens with zero attached hydrogens (tertiary/aromatic N) is 3. The summed E-state index contributed by atoms with van der Waals surface area (Å²) in [4.78, 5) is 48.4. The lowest BCUT2D eigenvalue weighted by Gasteiger charge is -2.24. The highest BCUT2D eigenvalue weighted by Gasteiger charge is 2.38. The molecule has 0 fully saturated rings. The average molecular weight is 614 g/mol. The Labute approximate surface area is 254 Å². The van der Waals surface area contributed by atoms with Gasteiger partial charge in [0.2, 0.25) is 6.79 Å². The predicted octanol–water partition coefficient (Wildman–Crippen LogP) is 4.10. The number of carbonyl (C=O) groups excluding carboxylic acids is 2. The summed E-state index contributed by atoms with van der Waals surface area (Å²) < 4.78 is 18.2. The number of fused-ring (bicyclic) bond motifs is 3. The normalized spacial score (nSPS) is 18.0. The van der Waals surface area contributed by atoms with Crippen molar-refractivity contribution in [3.63, 3.8) is 0 Å². The van der Waals surface area contributed by atoms with Gasteiger partial charge in [-0.15, -0.1) is 0 Å². The van der Waals surface area contributed by atoms with Gasteiger partial charge < -0.3 is 19.1 Å². The largest absolute Gasteiger partial charge is 0.463 e. The zero-order valence-electron chi connectivity index (χ0n) is 23.1. The first-order chi connectivity index (χ1) is 20.9. The lowest BCUT2D eigenvalue weighted by Crippen LogP contribution is -2.41. The van der Waals surface area contributed by atoms with Gasteiger partial charge in [-0.2, -0.15) is 0 Å². The third-order valence-corrected chi connectivity index (χ3v) is 9.06. The summed E-state index contributed by atoms with van der Waals surface area (Å²) in [6.45, 7) is 3.91. The van der Waals surface area contributed by atoms with Crippen LogP contribution in [0.15, 0.2) is 87.8 Å². The molecule has 0 radical (unpaired) electrons. The van der Waals surface area contributed by atoms with E-state index in [9.17, 15) is 14.4 Å². The van der Waals surface area contributed by atoms with E-state index in [1.54, 1.807) is 43.0 Å². The van der Waals surface area contributed by atoms with Gasteiger partial charge in [-0.3, -0.25) is 14.2 Å². The summed E-state index contributed by atoms with van der Waals surface area (Å²) in [7, 11) is 0. The van der Waals surface area contributed by atoms with E-state index in [1.807, 2.05) is 42.5 Å². The maximum atomic E-state index is 14.4. The predicted molar refractivity (Wildman–Crippen MR) is 161 cm³/mol. The van der Waals surface area contributed by atoms with Gasteiger partial charge in [0.1, 0.15) is 4.53 Å². The molecule has 0 spiro atoms. The molecule has 0 bridgehead atoms. The summed E-state index contributed by atoms with van der Waals surface area (Å²) >= 11 is 7.57. The van der Waals surface area contributed by atoms with Gasteiger partial charge in [0.05, 0.1) is 41.7 Å². The van der Waals surface area contributed by atoms with Gasteiger partial charge in [-0.1, -0.05) is 65.4 Å². The van der Waals surface area contributed by atoms with Crippen LogP contribution in [0.2, 0.25) is 5.02 Å². The van der Waals surface area contributed by atoms with Crippen molar-refractivity contribution in [3.8, 4) is 11.5 Å². The van der Waals surface area contributed by atoms with Crippen LogP contribution in [-0.2, 0) is 20.9 Å². The van der Waals surface area contributed by atoms with E-state index in [4.69, 9.17) is 25.8 Å². The minimum atomic E-state index is -0.856. The summed E-state index contributed by atoms with van der Waals surface area (Å²) in [6.07, 6.45) is 0. The van der Waals surface area contributed by atoms with Crippen LogP contribution < -0.4 is 29.3 Å². The molecule has 4 heterocycles. The topological polar surface area (TPSA) is 99.4 Å². The van der Waals surface area contributed by atoms with Crippen molar-refractivity contribution in [3.05, 3.63) is 119 Å². The molecule has 0 saturated heterocycles. The van der Waals surface area contributed by atoms with E-state index in [-0.39, 0.29) is 41.5 Å². The highest BCUT2D eigenvalue weighted by molar-refractivity contribution is 7.07. The molecular weight excluding hydrogens is 590 g/mol. The Kier molecular flexibility index (Phi) is 6.67. The number of para-hydroxylation sites is 1. The first kappa shape index (κ1) is 27.2. The number of benzene rings is 3. The van der Waals surface area contributed by atoms with E-state index < -0.39 is 17.6 Å². The SMILES string of the molecule is CCOC(=O)C1=C(C)N=c2s/c(=C3/C(=O)N(Cc4ccccc4Cl)c4ccccc43)c(=O)n2[C@H]1c1ccc2c(c1)OCO2. The van der Waals surface area contributed by atoms with Crippen LogP contribution in [0.1, 0.15) is 36.6 Å². The van der Waals surface area contributed by atoms with Crippen LogP contribution in [0.5, 0.6) is 11.5 Å². The Hall–Kier alpha value is -4.67. The van der Waals surface area contributed by atoms with Crippen LogP contribution in [0, 0.1) is 0 Å². The number of hydrogen-bond acceptors (Lipinski definition) is 8. The number of aromatic nitrogens is 1. The molecule has 43 heavy (non-hydrogen) atoms. The Morgan fingerprint density at radius 2 is 1.84 bits per heavy atom. The van der Waals surface area contributed by atoms with E-state index in [1.165, 1.54) is 4.57 Å². The van der Waals surface area contributed by atoms with Crippen molar-refractivity contribution in [1.29, 1.82) is 0 Å². The minimum Gasteiger partial charge on any atom is -0.463 e. The average Bonchev–Trinajstić information content (AvgIpc) is 3.67. The van der Waals surface area contributed by atoms with Crippen LogP contribution in [0.3, 0.4) is 0 Å². The highest BCUT2D eigenvalue weighted by atomic mass is 35.5. The Morgan fingerprint density at radius 1 is 1.07 bits per heavy atom. The molecule has 0 unspecified atom stereocenters. The molecule has 0 saturated carbocycles. The molecule has 0 aliphatic carbocycles. The molecule has 216 valence electrons. The van der Waals surface area contributed by atoms with Crippen LogP contribution in [-0.4, -0.2) is 29.8 Å². The van der Waals surface area contributed by atoms with Crippen molar-refractivity contribution in [1.82, 2.24) is 4.57 Å². The highest BCUT2D eigenvalue weighted by Crippen LogP contribution is 2.39. The van der Waals surface area contributed by atoms with Crippen LogP contribution >= 0.6 is 22.9 Å². The lowest BCUT2D eigenvalue weighted by atomic mass is 9.95. The second-order valence-corrected chi connectivity index (χ2v) is 11.5. The number of allylic oxidation sites excluding steroid dienone is 1. The third-order valence-electron chi connectivity index (χ3n) is 7.64. The Balaban J connectivity index is 1.44. The van der Waals surface area contributed by atoms with E-state index in [0.29, 0.717) is 43.8 Å². The number of esters is 1. The standard InChI is InChI=1S/C32H24ClN3O6S/c1-3-40-31(39)25-17(2)34-32-36(27(25)18-12-13-23-24(14-18)42-16-41-23)30(38)28(43-32)26-20-9-5-7-11-22(20)35(29(26)37)15-19-8-4-6-10-21(19)33/h4-14,27H,3,15-16H2,1-2H3/b28-26+/t27-/m0/s1. The Bertz CT molecular complexity index is 2060. The summed E-state index contributed by atoms with van der Waals surface area (Å²) in [5.41, 5.74) is 3.26. The first-order valence-electron chi connectivity index (χ1n) is 13.6. The van der Waals surface area contributed by atoms with Gasteiger partial charge in [0.25, 0.3) is 11.5 Å². The van der Waals surface area contributed by atoms with Gasteiger partial charge in [0.15, 0.2) is 16.3 Å². The van der Waals surface area contributed by atoms with Crippen molar-refractivity contribution >= 4 is 46.1 Å². The molecule has 3 aliphatic heterocycles. The summed E-state index contributed by atoms with van der Waals surface area (Å²) in [5.74, 6) is 0.198. The zero-order valence-corrected chi connectivity index (χ0v) is 24.7. The summed E-state index contributed by atoms with van der Waals surface area (Å²) in [5, 5.41) is 0.548. The number of rotatable bonds is 5. The maximum absolute atomic E-state index is 14.4. The number of anilines is 1. The number of amides is 1. The number of halogens is 1. The fourth-order valence-corrected chi connectivity index (χ4v) is 7.03. The maximum Gasteiger partial charge on any atom is 0.338 e. The van der Waals surface area contributed by atoms with Crippen LogP contribution in [0.25, 0.3) is 5.57 Å². The molecule has 1 aromatic heterocycles. The summed E-state index contributed by atoms with van der Waals surface area (Å²) in [6, 6.07) is 19.2. The van der Waals surface area contributed by atoms with Crippen LogP contribution in [0.4, 0.5) is 5.69 Å². The van der Waals surface area contributed by atoms with Gasteiger partial charge >= 0.3 is 5.97 Å². The smallest absolute Gasteiger partial charge is 0.338 e. The van der Waals surface area contributed by atoms with E-state index in [0.717, 1.165) is 16.9 Å². The Morgan fingerprint density at radius 3 is 2.65 bits per heavy atom. The number of carbonyl (C=O) groups is 2. The van der Waals surface area contributed by atoms with Crippen molar-refractivity contribution in [2.75, 3.05) is 18.3 Å². The van der Waals surface area contributed by atoms with Crippen molar-refractivity contribution < 1.29 is 23.8 Å². The lowest BCUT2D eigenvalue weighted by molar-refractivity contribution is -0.139. The molecule has 7 rings (SSSR count). The number of ether oxygens (including phenoxy) is 3. The first-order valence-corrected chi connectivity index (χ1v) is 14.8. The second kappa shape index (κ2) is 10.6. The van der Waals surface area contributed by atoms with E-state index in [2.05, 4.69) is 4.99 Å². The molecule has 3 aromatic carbocycles. The van der Waals surface area contributed by atoms with Crippen molar-refractivity contribution in [2.24, 2.45) is 4.99 Å².